The first-order valence-electron chi connectivity index (χ1n) is 5.46. The monoisotopic (exact) mass is 180 g/mol. The van der Waals surface area contributed by atoms with Gasteiger partial charge in [0.05, 0.1) is 0 Å². The van der Waals surface area contributed by atoms with Crippen molar-refractivity contribution in [2.75, 3.05) is 0 Å². The van der Waals surface area contributed by atoms with Crippen LogP contribution in [0.4, 0.5) is 0 Å². The minimum Gasteiger partial charge on any atom is -0.0813 e. The van der Waals surface area contributed by atoms with Gasteiger partial charge in [0.2, 0.25) is 0 Å². The van der Waals surface area contributed by atoms with Crippen LogP contribution in [0.25, 0.3) is 0 Å². The van der Waals surface area contributed by atoms with Crippen LogP contribution >= 0.6 is 0 Å². The van der Waals surface area contributed by atoms with Gasteiger partial charge in [0.15, 0.2) is 0 Å². The summed E-state index contributed by atoms with van der Waals surface area (Å²) in [5, 5.41) is 0. The highest BCUT2D eigenvalue weighted by Gasteiger charge is 1.97. The van der Waals surface area contributed by atoms with Gasteiger partial charge in [-0.2, -0.15) is 0 Å². The molecule has 0 heterocycles. The molecule has 0 radical (unpaired) electrons. The fourth-order valence-electron chi connectivity index (χ4n) is 1.41. The lowest BCUT2D eigenvalue weighted by molar-refractivity contribution is 0.888. The molecule has 0 saturated carbocycles. The van der Waals surface area contributed by atoms with E-state index in [1.165, 1.54) is 36.8 Å². The highest BCUT2D eigenvalue weighted by atomic mass is 14.0. The average Bonchev–Trinajstić information content (AvgIpc) is 2.13. The maximum atomic E-state index is 2.36. The average molecular weight is 180 g/mol. The lowest BCUT2D eigenvalue weighted by Gasteiger charge is -2.07. The Morgan fingerprint density at radius 3 is 2.08 bits per heavy atom. The SMILES string of the molecule is CCC/C=C(C)\C(C)=C(/C)CCC. The van der Waals surface area contributed by atoms with Crippen molar-refractivity contribution in [2.24, 2.45) is 0 Å². The van der Waals surface area contributed by atoms with E-state index in [1.54, 1.807) is 5.57 Å². The third-order valence-electron chi connectivity index (χ3n) is 2.60. The molecule has 0 aliphatic heterocycles. The summed E-state index contributed by atoms with van der Waals surface area (Å²) < 4.78 is 0. The lowest BCUT2D eigenvalue weighted by Crippen LogP contribution is -1.86. The second-order valence-electron chi connectivity index (χ2n) is 3.83. The number of rotatable bonds is 5. The van der Waals surface area contributed by atoms with Gasteiger partial charge in [0.1, 0.15) is 0 Å². The molecule has 0 aliphatic carbocycles. The Morgan fingerprint density at radius 1 is 1.00 bits per heavy atom. The van der Waals surface area contributed by atoms with Gasteiger partial charge in [0.25, 0.3) is 0 Å². The van der Waals surface area contributed by atoms with Crippen molar-refractivity contribution in [3.05, 3.63) is 22.8 Å². The van der Waals surface area contributed by atoms with Gasteiger partial charge < -0.3 is 0 Å². The molecule has 0 fully saturated rings. The fraction of sp³-hybridized carbons (Fsp3) is 0.692. The van der Waals surface area contributed by atoms with E-state index in [1.807, 2.05) is 0 Å². The molecule has 0 N–H and O–H groups in total. The number of hydrogen-bond donors (Lipinski definition) is 0. The van der Waals surface area contributed by atoms with Crippen LogP contribution in [0.2, 0.25) is 0 Å². The van der Waals surface area contributed by atoms with Crippen LogP contribution in [0, 0.1) is 0 Å². The Bertz CT molecular complexity index is 194. The molecule has 0 aromatic heterocycles. The van der Waals surface area contributed by atoms with Gasteiger partial charge in [-0.15, -0.1) is 0 Å². The zero-order chi connectivity index (χ0) is 10.3. The second kappa shape index (κ2) is 6.94. The van der Waals surface area contributed by atoms with E-state index in [9.17, 15) is 0 Å². The minimum absolute atomic E-state index is 1.21. The Morgan fingerprint density at radius 2 is 1.62 bits per heavy atom. The molecular weight excluding hydrogens is 156 g/mol. The molecule has 0 bridgehead atoms. The van der Waals surface area contributed by atoms with Crippen LogP contribution in [-0.4, -0.2) is 0 Å². The first-order valence-corrected chi connectivity index (χ1v) is 5.46. The molecular formula is C13H24. The molecule has 0 spiro atoms. The fourth-order valence-corrected chi connectivity index (χ4v) is 1.41. The molecule has 0 nitrogen and oxygen atoms in total. The first-order chi connectivity index (χ1) is 6.13. The highest BCUT2D eigenvalue weighted by Crippen LogP contribution is 2.18. The molecule has 0 amide bonds. The molecule has 0 aromatic carbocycles. The van der Waals surface area contributed by atoms with Crippen LogP contribution in [0.1, 0.15) is 60.3 Å². The summed E-state index contributed by atoms with van der Waals surface area (Å²) in [5.74, 6) is 0. The van der Waals surface area contributed by atoms with Crippen molar-refractivity contribution < 1.29 is 0 Å². The summed E-state index contributed by atoms with van der Waals surface area (Å²) in [5.41, 5.74) is 4.51. The maximum absolute atomic E-state index is 2.36. The second-order valence-corrected chi connectivity index (χ2v) is 3.83. The van der Waals surface area contributed by atoms with E-state index >= 15 is 0 Å². The summed E-state index contributed by atoms with van der Waals surface area (Å²) in [6.07, 6.45) is 7.31. The first kappa shape index (κ1) is 12.5. The van der Waals surface area contributed by atoms with Crippen LogP contribution < -0.4 is 0 Å². The normalized spacial score (nSPS) is 14.4. The predicted octanol–water partition coefficient (Wildman–Crippen LogP) is 4.87. The van der Waals surface area contributed by atoms with Crippen molar-refractivity contribution in [3.63, 3.8) is 0 Å². The number of unbranched alkanes of at least 4 members (excludes halogenated alkanes) is 1. The summed E-state index contributed by atoms with van der Waals surface area (Å²) in [6.45, 7) is 11.2. The molecule has 0 unspecified atom stereocenters. The standard InChI is InChI=1S/C13H24/c1-6-8-10-12(4)13(5)11(3)9-7-2/h10H,6-9H2,1-5H3/b12-10-,13-11+. The highest BCUT2D eigenvalue weighted by molar-refractivity contribution is 5.31. The molecule has 0 atom stereocenters. The van der Waals surface area contributed by atoms with Gasteiger partial charge in [-0.05, 0) is 39.2 Å². The molecule has 0 aromatic rings. The summed E-state index contributed by atoms with van der Waals surface area (Å²) >= 11 is 0. The summed E-state index contributed by atoms with van der Waals surface area (Å²) in [6, 6.07) is 0. The quantitative estimate of drug-likeness (QED) is 0.529. The predicted molar refractivity (Wildman–Crippen MR) is 61.9 cm³/mol. The van der Waals surface area contributed by atoms with E-state index in [0.29, 0.717) is 0 Å². The molecule has 76 valence electrons. The van der Waals surface area contributed by atoms with Gasteiger partial charge in [-0.1, -0.05) is 43.9 Å². The van der Waals surface area contributed by atoms with Gasteiger partial charge in [0, 0.05) is 0 Å². The van der Waals surface area contributed by atoms with Gasteiger partial charge in [-0.3, -0.25) is 0 Å². The van der Waals surface area contributed by atoms with E-state index in [0.717, 1.165) is 0 Å². The van der Waals surface area contributed by atoms with Crippen molar-refractivity contribution in [3.8, 4) is 0 Å². The molecule has 0 aliphatic rings. The van der Waals surface area contributed by atoms with Crippen molar-refractivity contribution in [1.29, 1.82) is 0 Å². The largest absolute Gasteiger partial charge is 0.0813 e. The zero-order valence-corrected chi connectivity index (χ0v) is 9.91. The Kier molecular flexibility index (Phi) is 6.66. The van der Waals surface area contributed by atoms with E-state index in [-0.39, 0.29) is 0 Å². The molecule has 0 heteroatoms. The van der Waals surface area contributed by atoms with Crippen molar-refractivity contribution in [2.45, 2.75) is 60.3 Å². The zero-order valence-electron chi connectivity index (χ0n) is 9.91. The Labute approximate surface area is 83.7 Å². The Balaban J connectivity index is 4.37. The molecule has 13 heavy (non-hydrogen) atoms. The topological polar surface area (TPSA) is 0 Å². The summed E-state index contributed by atoms with van der Waals surface area (Å²) in [4.78, 5) is 0. The maximum Gasteiger partial charge on any atom is -0.0320 e. The van der Waals surface area contributed by atoms with E-state index in [2.05, 4.69) is 40.7 Å². The number of hydrogen-bond acceptors (Lipinski definition) is 0. The van der Waals surface area contributed by atoms with Gasteiger partial charge >= 0.3 is 0 Å². The molecule has 0 rings (SSSR count). The van der Waals surface area contributed by atoms with Crippen molar-refractivity contribution in [1.82, 2.24) is 0 Å². The van der Waals surface area contributed by atoms with E-state index in [4.69, 9.17) is 0 Å². The van der Waals surface area contributed by atoms with E-state index < -0.39 is 0 Å². The van der Waals surface area contributed by atoms with Crippen molar-refractivity contribution >= 4 is 0 Å². The smallest absolute Gasteiger partial charge is 0.0320 e. The third kappa shape index (κ3) is 4.92. The van der Waals surface area contributed by atoms with Crippen LogP contribution in [-0.2, 0) is 0 Å². The Hall–Kier alpha value is -0.520. The van der Waals surface area contributed by atoms with Crippen LogP contribution in [0.15, 0.2) is 22.8 Å². The molecule has 0 saturated heterocycles. The van der Waals surface area contributed by atoms with Gasteiger partial charge in [-0.25, -0.2) is 0 Å². The summed E-state index contributed by atoms with van der Waals surface area (Å²) in [7, 11) is 0. The third-order valence-corrected chi connectivity index (χ3v) is 2.60. The van der Waals surface area contributed by atoms with Crippen LogP contribution in [0.5, 0.6) is 0 Å². The minimum atomic E-state index is 1.21. The number of allylic oxidation sites excluding steroid dienone is 4. The van der Waals surface area contributed by atoms with Crippen LogP contribution in [0.3, 0.4) is 0 Å². The lowest BCUT2D eigenvalue weighted by atomic mass is 10.00.